The highest BCUT2D eigenvalue weighted by atomic mass is 16.3. The second-order valence-electron chi connectivity index (χ2n) is 8.10. The summed E-state index contributed by atoms with van der Waals surface area (Å²) in [5, 5.41) is 28.3. The predicted octanol–water partition coefficient (Wildman–Crippen LogP) is 4.02. The van der Waals surface area contributed by atoms with Gasteiger partial charge in [0.05, 0.1) is 18.8 Å². The van der Waals surface area contributed by atoms with Gasteiger partial charge >= 0.3 is 0 Å². The minimum absolute atomic E-state index is 0.152. The van der Waals surface area contributed by atoms with Crippen LogP contribution in [0.2, 0.25) is 0 Å². The third-order valence-corrected chi connectivity index (χ3v) is 5.83. The molecule has 0 saturated heterocycles. The smallest absolute Gasteiger partial charge is 0.136 e. The lowest BCUT2D eigenvalue weighted by Gasteiger charge is -2.18. The number of Topliss-reactive ketones (excluding diaryl/α,β-unsaturated/α-hetero) is 1. The van der Waals surface area contributed by atoms with Gasteiger partial charge in [0, 0.05) is 12.3 Å². The van der Waals surface area contributed by atoms with Crippen LogP contribution in [0.5, 0.6) is 0 Å². The van der Waals surface area contributed by atoms with E-state index in [-0.39, 0.29) is 18.6 Å². The largest absolute Gasteiger partial charge is 0.394 e. The highest BCUT2D eigenvalue weighted by molar-refractivity contribution is 5.83. The van der Waals surface area contributed by atoms with E-state index in [1.165, 1.54) is 0 Å². The number of rotatable bonds is 14. The first-order chi connectivity index (χ1) is 12.5. The fourth-order valence-corrected chi connectivity index (χ4v) is 4.00. The Kier molecular flexibility index (Phi) is 12.1. The van der Waals surface area contributed by atoms with E-state index in [0.29, 0.717) is 36.9 Å². The molecule has 26 heavy (non-hydrogen) atoms. The van der Waals surface area contributed by atoms with Gasteiger partial charge in [-0.05, 0) is 43.9 Å². The maximum absolute atomic E-state index is 12.2. The number of aliphatic hydroxyl groups excluding tert-OH is 3. The number of hydrogen-bond acceptors (Lipinski definition) is 4. The number of carbonyl (C=O) groups is 1. The first-order valence-corrected chi connectivity index (χ1v) is 10.7. The molecule has 0 aromatic rings. The molecule has 0 spiro atoms. The SMILES string of the molecule is CCCC(C)C(O)CC=C[C@H]1CCC(=O)[C@@H]1CCCCCCC(O)CO. The van der Waals surface area contributed by atoms with Crippen LogP contribution in [-0.4, -0.2) is 39.9 Å². The summed E-state index contributed by atoms with van der Waals surface area (Å²) in [7, 11) is 0. The summed E-state index contributed by atoms with van der Waals surface area (Å²) in [5.74, 6) is 1.22. The molecular weight excluding hydrogens is 328 g/mol. The maximum atomic E-state index is 12.2. The first-order valence-electron chi connectivity index (χ1n) is 10.7. The van der Waals surface area contributed by atoms with E-state index < -0.39 is 6.10 Å². The Hall–Kier alpha value is -0.710. The number of carbonyl (C=O) groups excluding carboxylic acids is 1. The highest BCUT2D eigenvalue weighted by Crippen LogP contribution is 2.34. The van der Waals surface area contributed by atoms with Crippen molar-refractivity contribution in [2.24, 2.45) is 17.8 Å². The Bertz CT molecular complexity index is 407. The van der Waals surface area contributed by atoms with E-state index in [9.17, 15) is 15.0 Å². The maximum Gasteiger partial charge on any atom is 0.136 e. The van der Waals surface area contributed by atoms with Crippen LogP contribution in [0.4, 0.5) is 0 Å². The van der Waals surface area contributed by atoms with Crippen molar-refractivity contribution < 1.29 is 20.1 Å². The molecule has 152 valence electrons. The van der Waals surface area contributed by atoms with Crippen molar-refractivity contribution in [3.8, 4) is 0 Å². The zero-order valence-corrected chi connectivity index (χ0v) is 16.8. The highest BCUT2D eigenvalue weighted by Gasteiger charge is 2.32. The topological polar surface area (TPSA) is 77.8 Å². The summed E-state index contributed by atoms with van der Waals surface area (Å²) in [5.41, 5.74) is 0. The first kappa shape index (κ1) is 23.3. The lowest BCUT2D eigenvalue weighted by molar-refractivity contribution is -0.121. The van der Waals surface area contributed by atoms with Crippen LogP contribution in [-0.2, 0) is 4.79 Å². The number of allylic oxidation sites excluding steroid dienone is 1. The van der Waals surface area contributed by atoms with Crippen molar-refractivity contribution >= 4 is 5.78 Å². The van der Waals surface area contributed by atoms with Gasteiger partial charge in [-0.3, -0.25) is 4.79 Å². The minimum atomic E-state index is -0.587. The van der Waals surface area contributed by atoms with E-state index in [2.05, 4.69) is 26.0 Å². The standard InChI is InChI=1S/C22H40O4/c1-3-9-17(2)21(25)13-8-10-18-14-15-22(26)20(18)12-7-5-4-6-11-19(24)16-23/h8,10,17-21,23-25H,3-7,9,11-16H2,1-2H3/t17?,18-,19?,20+,21?/m0/s1. The predicted molar refractivity (Wildman–Crippen MR) is 106 cm³/mol. The minimum Gasteiger partial charge on any atom is -0.394 e. The molecule has 1 fully saturated rings. The molecule has 5 atom stereocenters. The molecule has 0 bridgehead atoms. The van der Waals surface area contributed by atoms with Crippen molar-refractivity contribution in [2.45, 2.75) is 96.7 Å². The van der Waals surface area contributed by atoms with Crippen LogP contribution in [0.1, 0.15) is 84.5 Å². The average Bonchev–Trinajstić information content (AvgIpc) is 2.97. The molecule has 0 aromatic carbocycles. The molecule has 3 N–H and O–H groups in total. The summed E-state index contributed by atoms with van der Waals surface area (Å²) < 4.78 is 0. The van der Waals surface area contributed by atoms with Gasteiger partial charge in [0.25, 0.3) is 0 Å². The van der Waals surface area contributed by atoms with Crippen LogP contribution < -0.4 is 0 Å². The van der Waals surface area contributed by atoms with Gasteiger partial charge < -0.3 is 15.3 Å². The molecule has 1 aliphatic rings. The van der Waals surface area contributed by atoms with Crippen LogP contribution in [0.3, 0.4) is 0 Å². The van der Waals surface area contributed by atoms with Gasteiger partial charge in [-0.15, -0.1) is 0 Å². The van der Waals surface area contributed by atoms with Gasteiger partial charge in [0.2, 0.25) is 0 Å². The summed E-state index contributed by atoms with van der Waals surface area (Å²) in [4.78, 5) is 12.2. The molecule has 3 unspecified atom stereocenters. The quantitative estimate of drug-likeness (QED) is 0.320. The third-order valence-electron chi connectivity index (χ3n) is 5.83. The summed E-state index contributed by atoms with van der Waals surface area (Å²) in [6.45, 7) is 4.09. The van der Waals surface area contributed by atoms with Crippen molar-refractivity contribution in [1.82, 2.24) is 0 Å². The Morgan fingerprint density at radius 2 is 1.88 bits per heavy atom. The van der Waals surface area contributed by atoms with Gasteiger partial charge in [-0.2, -0.15) is 0 Å². The van der Waals surface area contributed by atoms with Gasteiger partial charge in [-0.25, -0.2) is 0 Å². The normalized spacial score (nSPS) is 24.3. The molecule has 1 aliphatic carbocycles. The number of hydrogen-bond donors (Lipinski definition) is 3. The molecule has 1 saturated carbocycles. The Morgan fingerprint density at radius 1 is 1.15 bits per heavy atom. The number of unbranched alkanes of at least 4 members (excludes halogenated alkanes) is 3. The average molecular weight is 369 g/mol. The Morgan fingerprint density at radius 3 is 2.58 bits per heavy atom. The molecule has 0 heterocycles. The van der Waals surface area contributed by atoms with Crippen LogP contribution in [0, 0.1) is 17.8 Å². The van der Waals surface area contributed by atoms with Crippen molar-refractivity contribution in [2.75, 3.05) is 6.61 Å². The van der Waals surface area contributed by atoms with Crippen molar-refractivity contribution in [3.05, 3.63) is 12.2 Å². The van der Waals surface area contributed by atoms with Crippen LogP contribution in [0.25, 0.3) is 0 Å². The molecule has 1 rings (SSSR count). The molecule has 0 aromatic heterocycles. The zero-order valence-electron chi connectivity index (χ0n) is 16.8. The third kappa shape index (κ3) is 8.79. The summed E-state index contributed by atoms with van der Waals surface area (Å²) >= 11 is 0. The second kappa shape index (κ2) is 13.5. The monoisotopic (exact) mass is 368 g/mol. The molecule has 0 radical (unpaired) electrons. The lowest BCUT2D eigenvalue weighted by atomic mass is 9.89. The molecule has 4 nitrogen and oxygen atoms in total. The fourth-order valence-electron chi connectivity index (χ4n) is 4.00. The van der Waals surface area contributed by atoms with E-state index in [0.717, 1.165) is 51.4 Å². The summed E-state index contributed by atoms with van der Waals surface area (Å²) in [6.07, 6.45) is 13.6. The molecule has 0 amide bonds. The summed E-state index contributed by atoms with van der Waals surface area (Å²) in [6, 6.07) is 0. The van der Waals surface area contributed by atoms with E-state index in [1.54, 1.807) is 0 Å². The van der Waals surface area contributed by atoms with Crippen molar-refractivity contribution in [3.63, 3.8) is 0 Å². The molecular formula is C22H40O4. The number of aliphatic hydroxyl groups is 3. The van der Waals surface area contributed by atoms with Gasteiger partial charge in [0.1, 0.15) is 5.78 Å². The second-order valence-corrected chi connectivity index (χ2v) is 8.10. The Balaban J connectivity index is 2.28. The van der Waals surface area contributed by atoms with E-state index >= 15 is 0 Å². The zero-order chi connectivity index (χ0) is 19.4. The van der Waals surface area contributed by atoms with Crippen LogP contribution >= 0.6 is 0 Å². The fraction of sp³-hybridized carbons (Fsp3) is 0.864. The molecule has 4 heteroatoms. The van der Waals surface area contributed by atoms with Crippen LogP contribution in [0.15, 0.2) is 12.2 Å². The van der Waals surface area contributed by atoms with Gasteiger partial charge in [-0.1, -0.05) is 58.1 Å². The molecule has 0 aliphatic heterocycles. The Labute approximate surface area is 159 Å². The lowest BCUT2D eigenvalue weighted by Crippen LogP contribution is -2.17. The number of ketones is 1. The van der Waals surface area contributed by atoms with Gasteiger partial charge in [0.15, 0.2) is 0 Å². The van der Waals surface area contributed by atoms with Crippen molar-refractivity contribution in [1.29, 1.82) is 0 Å². The van der Waals surface area contributed by atoms with E-state index in [4.69, 9.17) is 5.11 Å². The van der Waals surface area contributed by atoms with E-state index in [1.807, 2.05) is 0 Å².